The molecule has 0 spiro atoms. The van der Waals surface area contributed by atoms with Gasteiger partial charge in [0.05, 0.1) is 6.20 Å². The van der Waals surface area contributed by atoms with Crippen molar-refractivity contribution in [2.75, 3.05) is 54.4 Å². The van der Waals surface area contributed by atoms with Crippen LogP contribution in [0.25, 0.3) is 0 Å². The lowest BCUT2D eigenvalue weighted by Crippen LogP contribution is -2.49. The number of anilines is 3. The van der Waals surface area contributed by atoms with E-state index in [0.29, 0.717) is 62.5 Å². The number of nitrogens with zero attached hydrogens (tertiary/aromatic N) is 6. The molecule has 12 heteroatoms. The minimum absolute atomic E-state index is 0.125. The molecule has 1 aromatic carbocycles. The number of urea groups is 1. The zero-order valence-electron chi connectivity index (χ0n) is 27.2. The van der Waals surface area contributed by atoms with Crippen molar-refractivity contribution in [3.05, 3.63) is 36.0 Å². The summed E-state index contributed by atoms with van der Waals surface area (Å²) in [5.74, 6) is 0.112. The van der Waals surface area contributed by atoms with Crippen molar-refractivity contribution in [3.63, 3.8) is 0 Å². The molecule has 12 nitrogen and oxygen atoms in total. The van der Waals surface area contributed by atoms with Gasteiger partial charge in [0.2, 0.25) is 5.95 Å². The number of rotatable bonds is 13. The molecular formula is C33H49N7O5. The molecule has 2 aliphatic rings. The topological polar surface area (TPSA) is 131 Å². The van der Waals surface area contributed by atoms with Crippen LogP contribution in [0.3, 0.4) is 0 Å². The van der Waals surface area contributed by atoms with Crippen molar-refractivity contribution < 1.29 is 24.2 Å². The molecule has 2 N–H and O–H groups in total. The number of hydrogen-bond donors (Lipinski definition) is 2. The Kier molecular flexibility index (Phi) is 12.2. The zero-order valence-corrected chi connectivity index (χ0v) is 27.2. The molecule has 246 valence electrons. The maximum absolute atomic E-state index is 14.0. The van der Waals surface area contributed by atoms with Crippen molar-refractivity contribution in [1.82, 2.24) is 19.8 Å². The van der Waals surface area contributed by atoms with Crippen molar-refractivity contribution in [2.45, 2.75) is 91.1 Å². The van der Waals surface area contributed by atoms with E-state index in [-0.39, 0.29) is 24.6 Å². The molecule has 1 atom stereocenters. The second-order valence-electron chi connectivity index (χ2n) is 11.6. The fourth-order valence-electron chi connectivity index (χ4n) is 6.19. The van der Waals surface area contributed by atoms with Crippen LogP contribution in [0.4, 0.5) is 27.0 Å². The van der Waals surface area contributed by atoms with E-state index in [1.54, 1.807) is 40.3 Å². The quantitative estimate of drug-likeness (QED) is 0.292. The molecule has 0 bridgehead atoms. The number of likely N-dealkylation sites (tertiary alicyclic amines) is 1. The summed E-state index contributed by atoms with van der Waals surface area (Å²) in [6, 6.07) is 5.89. The van der Waals surface area contributed by atoms with Crippen LogP contribution < -0.4 is 19.9 Å². The zero-order chi connectivity index (χ0) is 32.3. The van der Waals surface area contributed by atoms with E-state index < -0.39 is 12.0 Å². The van der Waals surface area contributed by atoms with Gasteiger partial charge in [0.1, 0.15) is 17.5 Å². The summed E-state index contributed by atoms with van der Waals surface area (Å²) < 4.78 is 5.50. The van der Waals surface area contributed by atoms with Gasteiger partial charge in [-0.2, -0.15) is 4.98 Å². The monoisotopic (exact) mass is 623 g/mol. The van der Waals surface area contributed by atoms with Gasteiger partial charge in [-0.25, -0.2) is 19.4 Å². The second kappa shape index (κ2) is 16.3. The molecule has 2 aromatic rings. The lowest BCUT2D eigenvalue weighted by Gasteiger charge is -2.37. The molecule has 45 heavy (non-hydrogen) atoms. The Balaban J connectivity index is 1.58. The molecular weight excluding hydrogens is 574 g/mol. The fourth-order valence-corrected chi connectivity index (χ4v) is 6.19. The number of amides is 3. The van der Waals surface area contributed by atoms with Gasteiger partial charge in [-0.05, 0) is 71.1 Å². The standard InChI is InChI=1S/C33H49N7O5/c1-5-37(6-2)31-34-23-28(40(8-4)32(43)39(7-3)25-14-10-9-11-15-25)29(36-31)35-27(30(41)42)22-24-16-18-26(19-17-24)45-33(44)38-20-12-13-21-38/h16-19,23,25,27H,5-15,20-22H2,1-4H3,(H,41,42)(H,34,35,36)/t27-/m0/s1. The number of aliphatic carboxylic acids is 1. The van der Waals surface area contributed by atoms with E-state index in [1.807, 2.05) is 37.5 Å². The van der Waals surface area contributed by atoms with Gasteiger partial charge in [0.25, 0.3) is 0 Å². The van der Waals surface area contributed by atoms with Gasteiger partial charge in [0, 0.05) is 51.7 Å². The molecule has 1 aliphatic carbocycles. The predicted octanol–water partition coefficient (Wildman–Crippen LogP) is 5.63. The first-order valence-corrected chi connectivity index (χ1v) is 16.5. The Morgan fingerprint density at radius 3 is 2.20 bits per heavy atom. The van der Waals surface area contributed by atoms with Gasteiger partial charge in [-0.3, -0.25) is 4.90 Å². The Morgan fingerprint density at radius 1 is 0.956 bits per heavy atom. The molecule has 3 amide bonds. The number of carbonyl (C=O) groups excluding carboxylic acids is 2. The second-order valence-corrected chi connectivity index (χ2v) is 11.6. The first-order chi connectivity index (χ1) is 21.8. The van der Waals surface area contributed by atoms with Crippen LogP contribution in [0, 0.1) is 0 Å². The van der Waals surface area contributed by atoms with Crippen molar-refractivity contribution in [2.24, 2.45) is 0 Å². The third kappa shape index (κ3) is 8.55. The summed E-state index contributed by atoms with van der Waals surface area (Å²) in [5.41, 5.74) is 1.19. The number of hydrogen-bond acceptors (Lipinski definition) is 8. The average molecular weight is 624 g/mol. The minimum atomic E-state index is -1.06. The van der Waals surface area contributed by atoms with Crippen molar-refractivity contribution in [1.29, 1.82) is 0 Å². The Morgan fingerprint density at radius 2 is 1.62 bits per heavy atom. The summed E-state index contributed by atoms with van der Waals surface area (Å²) in [6.45, 7) is 11.6. The number of nitrogens with one attached hydrogen (secondary N) is 1. The van der Waals surface area contributed by atoms with E-state index in [4.69, 9.17) is 9.72 Å². The molecule has 1 saturated heterocycles. The third-order valence-corrected chi connectivity index (χ3v) is 8.78. The minimum Gasteiger partial charge on any atom is -0.480 e. The summed E-state index contributed by atoms with van der Waals surface area (Å²) >= 11 is 0. The van der Waals surface area contributed by atoms with Crippen molar-refractivity contribution >= 4 is 35.5 Å². The van der Waals surface area contributed by atoms with E-state index in [9.17, 15) is 19.5 Å². The number of benzene rings is 1. The van der Waals surface area contributed by atoms with Crippen LogP contribution in [0.5, 0.6) is 5.75 Å². The first-order valence-electron chi connectivity index (χ1n) is 16.5. The van der Waals surface area contributed by atoms with Gasteiger partial charge >= 0.3 is 18.1 Å². The van der Waals surface area contributed by atoms with Crippen LogP contribution in [0.2, 0.25) is 0 Å². The molecule has 4 rings (SSSR count). The van der Waals surface area contributed by atoms with Crippen LogP contribution in [0.1, 0.15) is 78.2 Å². The Hall–Kier alpha value is -4.09. The van der Waals surface area contributed by atoms with Crippen LogP contribution in [-0.2, 0) is 11.2 Å². The number of ether oxygens (including phenoxy) is 1. The first kappa shape index (κ1) is 33.8. The highest BCUT2D eigenvalue weighted by Crippen LogP contribution is 2.30. The van der Waals surface area contributed by atoms with Gasteiger partial charge in [0.15, 0.2) is 5.82 Å². The maximum atomic E-state index is 14.0. The van der Waals surface area contributed by atoms with E-state index in [0.717, 1.165) is 44.1 Å². The third-order valence-electron chi connectivity index (χ3n) is 8.78. The predicted molar refractivity (Wildman–Crippen MR) is 175 cm³/mol. The van der Waals surface area contributed by atoms with Crippen LogP contribution in [-0.4, -0.2) is 94.3 Å². The molecule has 0 unspecified atom stereocenters. The SMILES string of the molecule is CCN(CC)c1ncc(N(CC)C(=O)N(CC)C2CCCCC2)c(N[C@@H](Cc2ccc(OC(=O)N3CCCC3)cc2)C(=O)O)n1. The Labute approximate surface area is 266 Å². The van der Waals surface area contributed by atoms with Crippen molar-refractivity contribution in [3.8, 4) is 5.75 Å². The number of aromatic nitrogens is 2. The number of carboxylic acids is 1. The van der Waals surface area contributed by atoms with Crippen LogP contribution >= 0.6 is 0 Å². The lowest BCUT2D eigenvalue weighted by molar-refractivity contribution is -0.137. The molecule has 0 radical (unpaired) electrons. The Bertz CT molecular complexity index is 1270. The summed E-state index contributed by atoms with van der Waals surface area (Å²) in [4.78, 5) is 55.5. The highest BCUT2D eigenvalue weighted by Gasteiger charge is 2.31. The molecule has 2 fully saturated rings. The molecule has 1 aromatic heterocycles. The highest BCUT2D eigenvalue weighted by atomic mass is 16.6. The smallest absolute Gasteiger partial charge is 0.415 e. The van der Waals surface area contributed by atoms with Gasteiger partial charge in [-0.15, -0.1) is 0 Å². The maximum Gasteiger partial charge on any atom is 0.415 e. The lowest BCUT2D eigenvalue weighted by atomic mass is 9.94. The number of carboxylic acid groups (broad SMARTS) is 1. The van der Waals surface area contributed by atoms with E-state index in [2.05, 4.69) is 10.3 Å². The fraction of sp³-hybridized carbons (Fsp3) is 0.606. The van der Waals surface area contributed by atoms with E-state index >= 15 is 0 Å². The van der Waals surface area contributed by atoms with Crippen LogP contribution in [0.15, 0.2) is 30.5 Å². The molecule has 1 saturated carbocycles. The summed E-state index contributed by atoms with van der Waals surface area (Å²) in [6.07, 6.45) is 8.73. The van der Waals surface area contributed by atoms with E-state index in [1.165, 1.54) is 6.42 Å². The van der Waals surface area contributed by atoms with Gasteiger partial charge < -0.3 is 29.9 Å². The van der Waals surface area contributed by atoms with Gasteiger partial charge in [-0.1, -0.05) is 31.4 Å². The number of carbonyl (C=O) groups is 3. The molecule has 1 aliphatic heterocycles. The summed E-state index contributed by atoms with van der Waals surface area (Å²) in [7, 11) is 0. The average Bonchev–Trinajstić information content (AvgIpc) is 3.60. The largest absolute Gasteiger partial charge is 0.480 e. The highest BCUT2D eigenvalue weighted by molar-refractivity contribution is 5.95. The normalized spacial score (nSPS) is 15.8. The summed E-state index contributed by atoms with van der Waals surface area (Å²) in [5, 5.41) is 13.4. The molecule has 2 heterocycles.